The smallest absolute Gasteiger partial charge is 0.335 e. The predicted octanol–water partition coefficient (Wildman–Crippen LogP) is 7.92. The Morgan fingerprint density at radius 3 is 2.23 bits per heavy atom. The van der Waals surface area contributed by atoms with E-state index in [1.807, 2.05) is 66.7 Å². The van der Waals surface area contributed by atoms with Gasteiger partial charge >= 0.3 is 7.60 Å². The van der Waals surface area contributed by atoms with Gasteiger partial charge in [0.1, 0.15) is 11.5 Å². The normalized spacial score (nSPS) is 11.5. The van der Waals surface area contributed by atoms with E-state index in [4.69, 9.17) is 30.0 Å². The van der Waals surface area contributed by atoms with Crippen LogP contribution >= 0.6 is 19.2 Å². The summed E-state index contributed by atoms with van der Waals surface area (Å²) in [7, 11) is -3.19. The number of nitrogens with zero attached hydrogens (tertiary/aromatic N) is 1. The second-order valence-corrected chi connectivity index (χ2v) is 11.4. The molecule has 7 nitrogen and oxygen atoms in total. The van der Waals surface area contributed by atoms with Gasteiger partial charge in [-0.15, -0.1) is 0 Å². The number of hydrogen-bond donors (Lipinski definition) is 1. The van der Waals surface area contributed by atoms with Gasteiger partial charge in [0.05, 0.1) is 19.4 Å². The molecule has 204 valence electrons. The number of oxazole rings is 1. The lowest BCUT2D eigenvalue weighted by Crippen LogP contribution is -2.12. The average Bonchev–Trinajstić information content (AvgIpc) is 3.32. The summed E-state index contributed by atoms with van der Waals surface area (Å²) < 4.78 is 29.6. The van der Waals surface area contributed by atoms with E-state index in [-0.39, 0.29) is 18.5 Å². The van der Waals surface area contributed by atoms with Crippen molar-refractivity contribution < 1.29 is 22.8 Å². The van der Waals surface area contributed by atoms with Gasteiger partial charge < -0.3 is 18.8 Å². The largest absolute Gasteiger partial charge is 0.445 e. The Hall–Kier alpha value is -3.22. The zero-order valence-electron chi connectivity index (χ0n) is 22.1. The van der Waals surface area contributed by atoms with E-state index in [1.165, 1.54) is 0 Å². The molecule has 0 fully saturated rings. The molecule has 1 N–H and O–H groups in total. The summed E-state index contributed by atoms with van der Waals surface area (Å²) >= 11 is 6.08. The second-order valence-electron chi connectivity index (χ2n) is 8.90. The molecular formula is C30H32ClN2O5P. The van der Waals surface area contributed by atoms with Crippen LogP contribution in [-0.2, 0) is 37.4 Å². The van der Waals surface area contributed by atoms with Gasteiger partial charge in [-0.25, -0.2) is 4.98 Å². The van der Waals surface area contributed by atoms with Gasteiger partial charge in [-0.2, -0.15) is 0 Å². The molecule has 4 aromatic rings. The van der Waals surface area contributed by atoms with Crippen LogP contribution < -0.4 is 5.32 Å². The summed E-state index contributed by atoms with van der Waals surface area (Å²) in [6, 6.07) is 24.6. The Balaban J connectivity index is 1.41. The van der Waals surface area contributed by atoms with Crippen molar-refractivity contribution in [2.24, 2.45) is 0 Å². The molecule has 0 radical (unpaired) electrons. The molecule has 0 aliphatic heterocycles. The first-order valence-electron chi connectivity index (χ1n) is 12.9. The molecule has 3 aromatic carbocycles. The molecule has 0 spiro atoms. The number of carbonyl (C=O) groups is 1. The predicted molar refractivity (Wildman–Crippen MR) is 154 cm³/mol. The molecule has 0 saturated heterocycles. The number of rotatable bonds is 13. The third kappa shape index (κ3) is 8.38. The molecule has 4 rings (SSSR count). The number of carbonyl (C=O) groups excluding carboxylic acids is 1. The molecule has 39 heavy (non-hydrogen) atoms. The fraction of sp³-hybridized carbons (Fsp3) is 0.267. The third-order valence-electron chi connectivity index (χ3n) is 5.90. The lowest BCUT2D eigenvalue weighted by atomic mass is 10.1. The van der Waals surface area contributed by atoms with Crippen molar-refractivity contribution >= 4 is 30.8 Å². The summed E-state index contributed by atoms with van der Waals surface area (Å²) in [5.74, 6) is 1.09. The molecule has 0 aliphatic carbocycles. The summed E-state index contributed by atoms with van der Waals surface area (Å²) in [5, 5.41) is 3.55. The quantitative estimate of drug-likeness (QED) is 0.165. The van der Waals surface area contributed by atoms with E-state index in [0.29, 0.717) is 54.1 Å². The van der Waals surface area contributed by atoms with Crippen LogP contribution in [0.25, 0.3) is 11.3 Å². The Labute approximate surface area is 234 Å². The van der Waals surface area contributed by atoms with Crippen LogP contribution in [0.15, 0.2) is 83.3 Å². The first-order chi connectivity index (χ1) is 18.9. The van der Waals surface area contributed by atoms with Crippen LogP contribution in [0.5, 0.6) is 0 Å². The van der Waals surface area contributed by atoms with Crippen LogP contribution in [0.1, 0.15) is 43.0 Å². The van der Waals surface area contributed by atoms with Crippen molar-refractivity contribution in [3.63, 3.8) is 0 Å². The van der Waals surface area contributed by atoms with Crippen LogP contribution in [0.4, 0.5) is 5.69 Å². The molecule has 1 amide bonds. The van der Waals surface area contributed by atoms with E-state index in [9.17, 15) is 9.36 Å². The number of amides is 1. The Bertz CT molecular complexity index is 1400. The van der Waals surface area contributed by atoms with Gasteiger partial charge in [-0.3, -0.25) is 9.36 Å². The summed E-state index contributed by atoms with van der Waals surface area (Å²) in [4.78, 5) is 17.5. The van der Waals surface area contributed by atoms with Crippen molar-refractivity contribution in [3.8, 4) is 11.3 Å². The van der Waals surface area contributed by atoms with E-state index < -0.39 is 7.60 Å². The third-order valence-corrected chi connectivity index (χ3v) is 8.21. The maximum atomic E-state index is 12.8. The molecule has 9 heteroatoms. The summed E-state index contributed by atoms with van der Waals surface area (Å²) in [6.07, 6.45) is 1.33. The molecule has 0 saturated carbocycles. The number of aryl methyl sites for hydroxylation is 1. The van der Waals surface area contributed by atoms with E-state index in [1.54, 1.807) is 26.0 Å². The maximum absolute atomic E-state index is 12.8. The topological polar surface area (TPSA) is 90.7 Å². The van der Waals surface area contributed by atoms with Crippen molar-refractivity contribution in [1.29, 1.82) is 0 Å². The highest BCUT2D eigenvalue weighted by Gasteiger charge is 2.24. The SMILES string of the molecule is CCOP(=O)(Cc1ccc(NC(=O)CCc2oc(Cc3ccccc3)nc2-c2ccc(Cl)cc2)cc1)OCC. The van der Waals surface area contributed by atoms with E-state index in [0.717, 1.165) is 16.7 Å². The fourth-order valence-corrected chi connectivity index (χ4v) is 5.97. The lowest BCUT2D eigenvalue weighted by molar-refractivity contribution is -0.116. The van der Waals surface area contributed by atoms with Crippen molar-refractivity contribution in [2.75, 3.05) is 18.5 Å². The van der Waals surface area contributed by atoms with Crippen LogP contribution in [0, 0.1) is 0 Å². The van der Waals surface area contributed by atoms with Gasteiger partial charge in [-0.05, 0) is 49.2 Å². The number of anilines is 1. The highest BCUT2D eigenvalue weighted by molar-refractivity contribution is 7.53. The van der Waals surface area contributed by atoms with Gasteiger partial charge in [0, 0.05) is 35.5 Å². The minimum Gasteiger partial charge on any atom is -0.445 e. The Morgan fingerprint density at radius 2 is 1.59 bits per heavy atom. The monoisotopic (exact) mass is 566 g/mol. The Kier molecular flexibility index (Phi) is 10.1. The zero-order valence-corrected chi connectivity index (χ0v) is 23.7. The second kappa shape index (κ2) is 13.7. The maximum Gasteiger partial charge on any atom is 0.335 e. The van der Waals surface area contributed by atoms with Crippen molar-refractivity contribution in [1.82, 2.24) is 4.98 Å². The number of aromatic nitrogens is 1. The standard InChI is InChI=1S/C30H32ClN2O5P/c1-3-36-39(35,37-4-2)21-23-10-16-26(17-11-23)32-28(34)19-18-27-30(24-12-14-25(31)15-13-24)33-29(38-27)20-22-8-6-5-7-9-22/h5-17H,3-4,18-21H2,1-2H3,(H,32,34). The molecule has 0 unspecified atom stereocenters. The molecule has 0 atom stereocenters. The van der Waals surface area contributed by atoms with Crippen LogP contribution in [-0.4, -0.2) is 24.1 Å². The minimum atomic E-state index is -3.19. The molecular weight excluding hydrogens is 535 g/mol. The molecule has 1 heterocycles. The summed E-state index contributed by atoms with van der Waals surface area (Å²) in [5.41, 5.74) is 4.13. The van der Waals surface area contributed by atoms with Crippen molar-refractivity contribution in [2.45, 2.75) is 39.3 Å². The highest BCUT2D eigenvalue weighted by Crippen LogP contribution is 2.51. The number of nitrogens with one attached hydrogen (secondary N) is 1. The first-order valence-corrected chi connectivity index (χ1v) is 15.0. The average molecular weight is 567 g/mol. The summed E-state index contributed by atoms with van der Waals surface area (Å²) in [6.45, 7) is 4.19. The number of hydrogen-bond acceptors (Lipinski definition) is 6. The fourth-order valence-electron chi connectivity index (χ4n) is 4.14. The van der Waals surface area contributed by atoms with Gasteiger partial charge in [0.2, 0.25) is 5.91 Å². The zero-order chi connectivity index (χ0) is 27.7. The Morgan fingerprint density at radius 1 is 0.923 bits per heavy atom. The van der Waals surface area contributed by atoms with Gasteiger partial charge in [-0.1, -0.05) is 66.2 Å². The van der Waals surface area contributed by atoms with Gasteiger partial charge in [0.25, 0.3) is 0 Å². The number of halogens is 1. The van der Waals surface area contributed by atoms with E-state index in [2.05, 4.69) is 5.32 Å². The molecule has 0 bridgehead atoms. The van der Waals surface area contributed by atoms with Crippen molar-refractivity contribution in [3.05, 3.63) is 107 Å². The van der Waals surface area contributed by atoms with Gasteiger partial charge in [0.15, 0.2) is 5.89 Å². The number of benzene rings is 3. The molecule has 1 aromatic heterocycles. The first kappa shape index (κ1) is 28.8. The van der Waals surface area contributed by atoms with Crippen LogP contribution in [0.3, 0.4) is 0 Å². The molecule has 0 aliphatic rings. The van der Waals surface area contributed by atoms with E-state index >= 15 is 0 Å². The minimum absolute atomic E-state index is 0.153. The van der Waals surface area contributed by atoms with Crippen LogP contribution in [0.2, 0.25) is 5.02 Å². The lowest BCUT2D eigenvalue weighted by Gasteiger charge is -2.17. The highest BCUT2D eigenvalue weighted by atomic mass is 35.5.